The third-order valence-corrected chi connectivity index (χ3v) is 4.92. The van der Waals surface area contributed by atoms with Gasteiger partial charge in [0, 0.05) is 12.3 Å². The number of nitrogens with one attached hydrogen (secondary N) is 2. The number of hydrogen-bond acceptors (Lipinski definition) is 5. The third kappa shape index (κ3) is 3.06. The highest BCUT2D eigenvalue weighted by atomic mass is 32.2. The van der Waals surface area contributed by atoms with Gasteiger partial charge in [-0.1, -0.05) is 19.8 Å². The van der Waals surface area contributed by atoms with E-state index in [0.717, 1.165) is 40.8 Å². The summed E-state index contributed by atoms with van der Waals surface area (Å²) in [5.41, 5.74) is 1.72. The topological polar surface area (TPSA) is 66.5 Å². The summed E-state index contributed by atoms with van der Waals surface area (Å²) in [5.74, 6) is 2.69. The Hall–Kier alpha value is -1.30. The first-order valence-electron chi connectivity index (χ1n) is 7.44. The normalized spacial score (nSPS) is 16.1. The largest absolute Gasteiger partial charge is 0.354 e. The smallest absolute Gasteiger partial charge is 0.225 e. The van der Waals surface area contributed by atoms with Crippen LogP contribution in [-0.2, 0) is 0 Å². The molecule has 6 heteroatoms. The average Bonchev–Trinajstić information content (AvgIpc) is 3.13. The van der Waals surface area contributed by atoms with Gasteiger partial charge in [-0.05, 0) is 25.2 Å². The molecule has 2 N–H and O–H groups in total. The second-order valence-corrected chi connectivity index (χ2v) is 6.35. The molecule has 0 saturated heterocycles. The molecule has 0 aliphatic heterocycles. The van der Waals surface area contributed by atoms with Gasteiger partial charge in [-0.2, -0.15) is 4.98 Å². The zero-order chi connectivity index (χ0) is 13.8. The van der Waals surface area contributed by atoms with Crippen molar-refractivity contribution in [3.05, 3.63) is 6.33 Å². The van der Waals surface area contributed by atoms with Crippen LogP contribution in [0.1, 0.15) is 39.0 Å². The molecule has 2 aromatic heterocycles. The molecule has 1 fully saturated rings. The van der Waals surface area contributed by atoms with Gasteiger partial charge in [0.25, 0.3) is 0 Å². The summed E-state index contributed by atoms with van der Waals surface area (Å²) in [5, 5.41) is 4.28. The predicted octanol–water partition coefficient (Wildman–Crippen LogP) is 3.46. The van der Waals surface area contributed by atoms with Crippen LogP contribution in [0.5, 0.6) is 0 Å². The van der Waals surface area contributed by atoms with Gasteiger partial charge in [-0.3, -0.25) is 0 Å². The van der Waals surface area contributed by atoms with Crippen molar-refractivity contribution < 1.29 is 0 Å². The summed E-state index contributed by atoms with van der Waals surface area (Å²) >= 11 is 1.84. The molecule has 1 aliphatic carbocycles. The van der Waals surface area contributed by atoms with E-state index < -0.39 is 0 Å². The van der Waals surface area contributed by atoms with Crippen LogP contribution < -0.4 is 5.32 Å². The lowest BCUT2D eigenvalue weighted by molar-refractivity contribution is 0.623. The van der Waals surface area contributed by atoms with Crippen LogP contribution in [0.4, 0.5) is 5.95 Å². The zero-order valence-electron chi connectivity index (χ0n) is 11.9. The molecule has 0 aromatic carbocycles. The summed E-state index contributed by atoms with van der Waals surface area (Å²) in [6.45, 7) is 3.03. The first kappa shape index (κ1) is 13.7. The molecule has 1 aliphatic rings. The van der Waals surface area contributed by atoms with E-state index in [4.69, 9.17) is 0 Å². The number of nitrogens with zero attached hydrogens (tertiary/aromatic N) is 3. The fourth-order valence-electron chi connectivity index (χ4n) is 2.60. The average molecular weight is 291 g/mol. The number of rotatable bonds is 6. The van der Waals surface area contributed by atoms with E-state index in [-0.39, 0.29) is 0 Å². The number of anilines is 1. The number of imidazole rings is 1. The maximum absolute atomic E-state index is 4.64. The second kappa shape index (κ2) is 6.43. The minimum atomic E-state index is 0.695. The summed E-state index contributed by atoms with van der Waals surface area (Å²) in [6.07, 6.45) is 8.26. The minimum absolute atomic E-state index is 0.695. The minimum Gasteiger partial charge on any atom is -0.354 e. The number of thioether (sulfide) groups is 1. The summed E-state index contributed by atoms with van der Waals surface area (Å²) < 4.78 is 0. The van der Waals surface area contributed by atoms with Crippen molar-refractivity contribution in [3.8, 4) is 0 Å². The highest BCUT2D eigenvalue weighted by Gasteiger charge is 2.17. The fraction of sp³-hybridized carbons (Fsp3) is 0.643. The number of aromatic amines is 1. The van der Waals surface area contributed by atoms with Crippen molar-refractivity contribution in [2.75, 3.05) is 17.6 Å². The van der Waals surface area contributed by atoms with E-state index in [0.29, 0.717) is 5.95 Å². The first-order valence-corrected chi connectivity index (χ1v) is 8.43. The van der Waals surface area contributed by atoms with Gasteiger partial charge < -0.3 is 10.3 Å². The van der Waals surface area contributed by atoms with E-state index in [9.17, 15) is 0 Å². The standard InChI is InChI=1S/C14H21N5S/c1-2-7-15-14-18-12-11(16-9-17-12)13(19-14)20-8-10-5-3-4-6-10/h9-10H,2-8H2,1H3,(H2,15,16,17,18,19). The molecule has 1 saturated carbocycles. The van der Waals surface area contributed by atoms with E-state index >= 15 is 0 Å². The monoisotopic (exact) mass is 291 g/mol. The molecule has 20 heavy (non-hydrogen) atoms. The molecular weight excluding hydrogens is 270 g/mol. The fourth-order valence-corrected chi connectivity index (χ4v) is 3.77. The number of H-pyrrole nitrogens is 1. The Bertz CT molecular complexity index is 562. The van der Waals surface area contributed by atoms with Crippen molar-refractivity contribution in [1.29, 1.82) is 0 Å². The van der Waals surface area contributed by atoms with Gasteiger partial charge in [0.05, 0.1) is 6.33 Å². The molecule has 5 nitrogen and oxygen atoms in total. The molecule has 0 bridgehead atoms. The highest BCUT2D eigenvalue weighted by molar-refractivity contribution is 7.99. The molecule has 108 valence electrons. The lowest BCUT2D eigenvalue weighted by Gasteiger charge is -2.09. The van der Waals surface area contributed by atoms with Crippen LogP contribution in [0.25, 0.3) is 11.2 Å². The van der Waals surface area contributed by atoms with Gasteiger partial charge in [-0.25, -0.2) is 9.97 Å². The summed E-state index contributed by atoms with van der Waals surface area (Å²) in [6, 6.07) is 0. The Morgan fingerprint density at radius 3 is 3.00 bits per heavy atom. The van der Waals surface area contributed by atoms with Crippen molar-refractivity contribution in [1.82, 2.24) is 19.9 Å². The quantitative estimate of drug-likeness (QED) is 0.630. The molecular formula is C14H21N5S. The van der Waals surface area contributed by atoms with Gasteiger partial charge in [0.15, 0.2) is 5.65 Å². The Kier molecular flexibility index (Phi) is 4.40. The lowest BCUT2D eigenvalue weighted by Crippen LogP contribution is -2.06. The Labute approximate surface area is 123 Å². The van der Waals surface area contributed by atoms with Crippen molar-refractivity contribution in [2.24, 2.45) is 5.92 Å². The molecule has 0 unspecified atom stereocenters. The van der Waals surface area contributed by atoms with Crippen LogP contribution in [0.15, 0.2) is 11.4 Å². The van der Waals surface area contributed by atoms with E-state index in [1.165, 1.54) is 25.7 Å². The van der Waals surface area contributed by atoms with Crippen LogP contribution in [0.3, 0.4) is 0 Å². The maximum Gasteiger partial charge on any atom is 0.225 e. The summed E-state index contributed by atoms with van der Waals surface area (Å²) in [4.78, 5) is 16.5. The van der Waals surface area contributed by atoms with E-state index in [2.05, 4.69) is 32.2 Å². The van der Waals surface area contributed by atoms with Crippen molar-refractivity contribution in [2.45, 2.75) is 44.1 Å². The lowest BCUT2D eigenvalue weighted by atomic mass is 10.1. The summed E-state index contributed by atoms with van der Waals surface area (Å²) in [7, 11) is 0. The molecule has 3 rings (SSSR count). The molecule has 2 heterocycles. The van der Waals surface area contributed by atoms with Gasteiger partial charge in [0.1, 0.15) is 10.5 Å². The van der Waals surface area contributed by atoms with Crippen LogP contribution in [0, 0.1) is 5.92 Å². The van der Waals surface area contributed by atoms with Crippen LogP contribution in [0.2, 0.25) is 0 Å². The van der Waals surface area contributed by atoms with E-state index in [1.54, 1.807) is 6.33 Å². The highest BCUT2D eigenvalue weighted by Crippen LogP contribution is 2.32. The Balaban J connectivity index is 1.77. The third-order valence-electron chi connectivity index (χ3n) is 3.72. The molecule has 0 atom stereocenters. The van der Waals surface area contributed by atoms with Crippen LogP contribution >= 0.6 is 11.8 Å². The van der Waals surface area contributed by atoms with Crippen molar-refractivity contribution >= 4 is 28.9 Å². The zero-order valence-corrected chi connectivity index (χ0v) is 12.7. The molecule has 0 radical (unpaired) electrons. The van der Waals surface area contributed by atoms with Gasteiger partial charge in [-0.15, -0.1) is 11.8 Å². The first-order chi connectivity index (χ1) is 9.86. The Morgan fingerprint density at radius 2 is 2.20 bits per heavy atom. The van der Waals surface area contributed by atoms with E-state index in [1.807, 2.05) is 11.8 Å². The second-order valence-electron chi connectivity index (χ2n) is 5.34. The number of hydrogen-bond donors (Lipinski definition) is 2. The van der Waals surface area contributed by atoms with Crippen LogP contribution in [-0.4, -0.2) is 32.2 Å². The molecule has 0 spiro atoms. The molecule has 0 amide bonds. The maximum atomic E-state index is 4.64. The van der Waals surface area contributed by atoms with Gasteiger partial charge >= 0.3 is 0 Å². The molecule has 2 aromatic rings. The van der Waals surface area contributed by atoms with Crippen molar-refractivity contribution in [3.63, 3.8) is 0 Å². The Morgan fingerprint density at radius 1 is 1.35 bits per heavy atom. The van der Waals surface area contributed by atoms with Gasteiger partial charge in [0.2, 0.25) is 5.95 Å². The number of fused-ring (bicyclic) bond motifs is 1. The predicted molar refractivity (Wildman–Crippen MR) is 83.1 cm³/mol. The SMILES string of the molecule is CCCNc1nc(SCC2CCCC2)c2[nH]cnc2n1. The number of aromatic nitrogens is 4.